The highest BCUT2D eigenvalue weighted by Gasteiger charge is 2.51. The highest BCUT2D eigenvalue weighted by atomic mass is 14.9. The molecular formula is C52H33N3. The average molecular weight is 700 g/mol. The molecule has 11 rings (SSSR count). The van der Waals surface area contributed by atoms with Crippen LogP contribution in [0.2, 0.25) is 0 Å². The topological polar surface area (TPSA) is 38.7 Å². The van der Waals surface area contributed by atoms with Gasteiger partial charge in [0.05, 0.1) is 16.8 Å². The molecule has 0 atom stereocenters. The first-order chi connectivity index (χ1) is 27.3. The third kappa shape index (κ3) is 4.87. The quantitative estimate of drug-likeness (QED) is 0.179. The molecule has 9 aromatic rings. The Balaban J connectivity index is 1.10. The van der Waals surface area contributed by atoms with Crippen LogP contribution in [0.4, 0.5) is 0 Å². The molecule has 7 aromatic carbocycles. The molecule has 3 heteroatoms. The first-order valence-corrected chi connectivity index (χ1v) is 18.8. The lowest BCUT2D eigenvalue weighted by Crippen LogP contribution is -2.25. The molecule has 0 saturated heterocycles. The lowest BCUT2D eigenvalue weighted by atomic mass is 9.70. The Kier molecular flexibility index (Phi) is 7.08. The van der Waals surface area contributed by atoms with Crippen LogP contribution in [0, 0.1) is 0 Å². The van der Waals surface area contributed by atoms with Gasteiger partial charge in [-0.3, -0.25) is 4.98 Å². The van der Waals surface area contributed by atoms with Crippen molar-refractivity contribution in [3.05, 3.63) is 223 Å². The normalized spacial score (nSPS) is 12.9. The fraction of sp³-hybridized carbons (Fsp3) is 0.0192. The maximum atomic E-state index is 5.33. The van der Waals surface area contributed by atoms with E-state index in [1.807, 2.05) is 30.6 Å². The Labute approximate surface area is 320 Å². The van der Waals surface area contributed by atoms with Crippen LogP contribution in [-0.4, -0.2) is 15.0 Å². The molecular weight excluding hydrogens is 667 g/mol. The van der Waals surface area contributed by atoms with Crippen molar-refractivity contribution in [2.75, 3.05) is 0 Å². The predicted molar refractivity (Wildman–Crippen MR) is 223 cm³/mol. The third-order valence-corrected chi connectivity index (χ3v) is 11.5. The summed E-state index contributed by atoms with van der Waals surface area (Å²) in [4.78, 5) is 14.7. The zero-order chi connectivity index (χ0) is 36.3. The van der Waals surface area contributed by atoms with E-state index >= 15 is 0 Å². The standard InChI is InChI=1S/C52H33N3/c1-2-10-34(11-3-1)35-20-24-39(25-21-35)51-54-49(38-22-18-36(19-23-38)37-28-30-53-31-29-37)33-50(55-51)40-26-27-44-43-14-6-9-17-47(43)52(48(44)32-40)45-15-7-4-12-41(45)42-13-5-8-16-46(42)52/h1-33H. The highest BCUT2D eigenvalue weighted by molar-refractivity contribution is 5.96. The summed E-state index contributed by atoms with van der Waals surface area (Å²) >= 11 is 0. The van der Waals surface area contributed by atoms with Crippen LogP contribution in [0.15, 0.2) is 200 Å². The van der Waals surface area contributed by atoms with E-state index in [0.717, 1.165) is 44.8 Å². The first-order valence-electron chi connectivity index (χ1n) is 18.8. The summed E-state index contributed by atoms with van der Waals surface area (Å²) in [6.07, 6.45) is 3.66. The number of fused-ring (bicyclic) bond motifs is 10. The highest BCUT2D eigenvalue weighted by Crippen LogP contribution is 2.63. The largest absolute Gasteiger partial charge is 0.265 e. The van der Waals surface area contributed by atoms with Crippen molar-refractivity contribution in [3.8, 4) is 78.4 Å². The van der Waals surface area contributed by atoms with Gasteiger partial charge in [0.15, 0.2) is 5.82 Å². The van der Waals surface area contributed by atoms with E-state index in [1.165, 1.54) is 50.1 Å². The summed E-state index contributed by atoms with van der Waals surface area (Å²) in [5, 5.41) is 0. The number of aromatic nitrogens is 3. The molecule has 2 aliphatic rings. The van der Waals surface area contributed by atoms with Gasteiger partial charge in [-0.25, -0.2) is 9.97 Å². The lowest BCUT2D eigenvalue weighted by Gasteiger charge is -2.30. The second kappa shape index (κ2) is 12.4. The smallest absolute Gasteiger partial charge is 0.160 e. The van der Waals surface area contributed by atoms with E-state index in [2.05, 4.69) is 175 Å². The molecule has 55 heavy (non-hydrogen) atoms. The molecule has 0 N–H and O–H groups in total. The second-order valence-corrected chi connectivity index (χ2v) is 14.4. The van der Waals surface area contributed by atoms with Gasteiger partial charge in [-0.2, -0.15) is 0 Å². The third-order valence-electron chi connectivity index (χ3n) is 11.5. The van der Waals surface area contributed by atoms with Crippen molar-refractivity contribution >= 4 is 0 Å². The second-order valence-electron chi connectivity index (χ2n) is 14.4. The van der Waals surface area contributed by atoms with Crippen molar-refractivity contribution < 1.29 is 0 Å². The SMILES string of the molecule is c1ccc(-c2ccc(-c3nc(-c4ccc(-c5ccncc5)cc4)cc(-c4ccc5c(c4)C4(c6ccccc6-c6ccccc64)c4ccccc4-5)n3)cc2)cc1. The summed E-state index contributed by atoms with van der Waals surface area (Å²) in [6, 6.07) is 67.7. The van der Waals surface area contributed by atoms with Gasteiger partial charge in [-0.05, 0) is 91.0 Å². The minimum absolute atomic E-state index is 0.427. The Morgan fingerprint density at radius 3 is 1.29 bits per heavy atom. The molecule has 1 spiro atoms. The Morgan fingerprint density at radius 2 is 0.709 bits per heavy atom. The maximum Gasteiger partial charge on any atom is 0.160 e. The van der Waals surface area contributed by atoms with Crippen LogP contribution in [0.5, 0.6) is 0 Å². The maximum absolute atomic E-state index is 5.33. The summed E-state index contributed by atoms with van der Waals surface area (Å²) in [6.45, 7) is 0. The van der Waals surface area contributed by atoms with Crippen LogP contribution in [0.3, 0.4) is 0 Å². The molecule has 0 saturated carbocycles. The molecule has 2 aromatic heterocycles. The van der Waals surface area contributed by atoms with Crippen molar-refractivity contribution in [1.29, 1.82) is 0 Å². The zero-order valence-corrected chi connectivity index (χ0v) is 29.9. The summed E-state index contributed by atoms with van der Waals surface area (Å²) in [5.74, 6) is 0.695. The van der Waals surface area contributed by atoms with Crippen molar-refractivity contribution in [3.63, 3.8) is 0 Å². The van der Waals surface area contributed by atoms with Gasteiger partial charge >= 0.3 is 0 Å². The minimum Gasteiger partial charge on any atom is -0.265 e. The average Bonchev–Trinajstić information content (AvgIpc) is 3.74. The van der Waals surface area contributed by atoms with Gasteiger partial charge in [-0.15, -0.1) is 0 Å². The number of hydrogen-bond donors (Lipinski definition) is 0. The molecule has 0 fully saturated rings. The number of benzene rings is 7. The van der Waals surface area contributed by atoms with Gasteiger partial charge in [0.25, 0.3) is 0 Å². The number of nitrogens with zero attached hydrogens (tertiary/aromatic N) is 3. The molecule has 2 heterocycles. The monoisotopic (exact) mass is 699 g/mol. The summed E-state index contributed by atoms with van der Waals surface area (Å²) in [5.41, 5.74) is 19.4. The Bertz CT molecular complexity index is 2730. The Hall–Kier alpha value is -7.23. The molecule has 3 nitrogen and oxygen atoms in total. The number of pyridine rings is 1. The van der Waals surface area contributed by atoms with Crippen LogP contribution in [0.25, 0.3) is 78.4 Å². The van der Waals surface area contributed by atoms with Gasteiger partial charge in [0, 0.05) is 29.1 Å². The van der Waals surface area contributed by atoms with Crippen LogP contribution >= 0.6 is 0 Å². The summed E-state index contributed by atoms with van der Waals surface area (Å²) in [7, 11) is 0. The fourth-order valence-electron chi connectivity index (χ4n) is 8.95. The molecule has 0 unspecified atom stereocenters. The van der Waals surface area contributed by atoms with Gasteiger partial charge in [0.2, 0.25) is 0 Å². The minimum atomic E-state index is -0.427. The zero-order valence-electron chi connectivity index (χ0n) is 29.9. The predicted octanol–water partition coefficient (Wildman–Crippen LogP) is 12.6. The van der Waals surface area contributed by atoms with E-state index < -0.39 is 5.41 Å². The van der Waals surface area contributed by atoms with E-state index in [4.69, 9.17) is 9.97 Å². The molecule has 0 aliphatic heterocycles. The van der Waals surface area contributed by atoms with E-state index in [0.29, 0.717) is 5.82 Å². The van der Waals surface area contributed by atoms with Crippen molar-refractivity contribution in [1.82, 2.24) is 15.0 Å². The molecule has 0 radical (unpaired) electrons. The lowest BCUT2D eigenvalue weighted by molar-refractivity contribution is 0.794. The molecule has 2 aliphatic carbocycles. The first kappa shape index (κ1) is 31.3. The number of rotatable bonds is 5. The van der Waals surface area contributed by atoms with Gasteiger partial charge in [0.1, 0.15) is 0 Å². The fourth-order valence-corrected chi connectivity index (χ4v) is 8.95. The van der Waals surface area contributed by atoms with Gasteiger partial charge in [-0.1, -0.05) is 164 Å². The molecule has 256 valence electrons. The Morgan fingerprint density at radius 1 is 0.291 bits per heavy atom. The molecule has 0 amide bonds. The van der Waals surface area contributed by atoms with E-state index in [9.17, 15) is 0 Å². The van der Waals surface area contributed by atoms with Crippen LogP contribution in [-0.2, 0) is 5.41 Å². The van der Waals surface area contributed by atoms with Gasteiger partial charge < -0.3 is 0 Å². The van der Waals surface area contributed by atoms with E-state index in [-0.39, 0.29) is 0 Å². The number of hydrogen-bond acceptors (Lipinski definition) is 3. The van der Waals surface area contributed by atoms with Crippen molar-refractivity contribution in [2.24, 2.45) is 0 Å². The van der Waals surface area contributed by atoms with E-state index in [1.54, 1.807) is 0 Å². The van der Waals surface area contributed by atoms with Crippen molar-refractivity contribution in [2.45, 2.75) is 5.41 Å². The molecule has 0 bridgehead atoms. The van der Waals surface area contributed by atoms with Crippen LogP contribution < -0.4 is 0 Å². The summed E-state index contributed by atoms with van der Waals surface area (Å²) < 4.78 is 0. The van der Waals surface area contributed by atoms with Crippen LogP contribution in [0.1, 0.15) is 22.3 Å².